The van der Waals surface area contributed by atoms with E-state index in [-0.39, 0.29) is 35.0 Å². The monoisotopic (exact) mass is 524 g/mol. The quantitative estimate of drug-likeness (QED) is 0.429. The average molecular weight is 525 g/mol. The molecule has 38 heavy (non-hydrogen) atoms. The highest BCUT2D eigenvalue weighted by molar-refractivity contribution is 6.08. The van der Waals surface area contributed by atoms with Crippen molar-refractivity contribution in [2.45, 2.75) is 31.6 Å². The third-order valence-corrected chi connectivity index (χ3v) is 6.47. The number of benzene rings is 2. The Bertz CT molecular complexity index is 1380. The minimum Gasteiger partial charge on any atom is -0.496 e. The smallest absolute Gasteiger partial charge is 0.416 e. The molecule has 3 aromatic rings. The highest BCUT2D eigenvalue weighted by atomic mass is 19.4. The van der Waals surface area contributed by atoms with Crippen LogP contribution in [0.3, 0.4) is 0 Å². The third kappa shape index (κ3) is 6.15. The molecule has 198 valence electrons. The Labute approximate surface area is 218 Å². The molecule has 1 aromatic heterocycles. The number of amides is 1. The molecule has 0 radical (unpaired) electrons. The predicted octanol–water partition coefficient (Wildman–Crippen LogP) is 4.24. The zero-order chi connectivity index (χ0) is 27.4. The zero-order valence-electron chi connectivity index (χ0n) is 21.1. The van der Waals surface area contributed by atoms with Crippen LogP contribution in [-0.4, -0.2) is 53.6 Å². The Hall–Kier alpha value is -4.30. The van der Waals surface area contributed by atoms with Gasteiger partial charge >= 0.3 is 6.18 Å². The van der Waals surface area contributed by atoms with E-state index in [1.807, 2.05) is 14.0 Å². The van der Waals surface area contributed by atoms with Gasteiger partial charge in [-0.2, -0.15) is 13.2 Å². The van der Waals surface area contributed by atoms with E-state index in [1.165, 1.54) is 31.6 Å². The lowest BCUT2D eigenvalue weighted by molar-refractivity contribution is -0.137. The second kappa shape index (κ2) is 11.0. The molecule has 1 aliphatic rings. The number of likely N-dealkylation sites (N-methyl/N-ethyl adjacent to an activating group) is 1. The number of nitrogens with zero attached hydrogens (tertiary/aromatic N) is 3. The number of nitrogen functional groups attached to an aromatic ring is 1. The van der Waals surface area contributed by atoms with Gasteiger partial charge in [-0.3, -0.25) is 4.79 Å². The highest BCUT2D eigenvalue weighted by Gasteiger charge is 2.33. The number of hydrogen-bond acceptors (Lipinski definition) is 7. The lowest BCUT2D eigenvalue weighted by atomic mass is 10.1. The minimum absolute atomic E-state index is 0.0119. The summed E-state index contributed by atoms with van der Waals surface area (Å²) in [5.74, 6) is 5.53. The number of anilines is 3. The molecule has 1 fully saturated rings. The number of carbonyl (C=O) groups is 1. The number of aromatic nitrogens is 2. The molecule has 4 rings (SSSR count). The molecule has 1 unspecified atom stereocenters. The van der Waals surface area contributed by atoms with Gasteiger partial charge in [0.25, 0.3) is 5.91 Å². The van der Waals surface area contributed by atoms with Gasteiger partial charge in [0.1, 0.15) is 5.75 Å². The van der Waals surface area contributed by atoms with E-state index in [9.17, 15) is 18.0 Å². The maximum atomic E-state index is 13.5. The number of halogens is 3. The lowest BCUT2D eigenvalue weighted by Crippen LogP contribution is -2.34. The molecule has 8 nitrogen and oxygen atoms in total. The first-order valence-electron chi connectivity index (χ1n) is 11.8. The van der Waals surface area contributed by atoms with Crippen LogP contribution in [0.25, 0.3) is 0 Å². The summed E-state index contributed by atoms with van der Waals surface area (Å²) in [5, 5.41) is 5.95. The number of nitrogens with one attached hydrogen (secondary N) is 2. The zero-order valence-corrected chi connectivity index (χ0v) is 21.1. The van der Waals surface area contributed by atoms with Crippen molar-refractivity contribution in [3.8, 4) is 17.6 Å². The highest BCUT2D eigenvalue weighted by Crippen LogP contribution is 2.35. The van der Waals surface area contributed by atoms with Crippen molar-refractivity contribution in [1.29, 1.82) is 0 Å². The second-order valence-corrected chi connectivity index (χ2v) is 8.97. The van der Waals surface area contributed by atoms with Gasteiger partial charge in [0.2, 0.25) is 5.95 Å². The van der Waals surface area contributed by atoms with Crippen LogP contribution >= 0.6 is 0 Å². The molecule has 0 aliphatic carbocycles. The number of rotatable bonds is 5. The Kier molecular flexibility index (Phi) is 7.73. The molecule has 1 amide bonds. The van der Waals surface area contributed by atoms with Crippen LogP contribution in [-0.2, 0) is 6.18 Å². The molecule has 2 aromatic carbocycles. The van der Waals surface area contributed by atoms with Crippen molar-refractivity contribution in [2.75, 3.05) is 37.1 Å². The molecule has 1 saturated heterocycles. The summed E-state index contributed by atoms with van der Waals surface area (Å²) < 4.78 is 45.9. The molecule has 4 N–H and O–H groups in total. The molecular formula is C27H27F3N6O2. The Morgan fingerprint density at radius 3 is 2.45 bits per heavy atom. The standard InChI is InChI=1S/C27H27F3N6O2/c1-16-21(10-11-36(16)2)34-22-8-7-19(27(28,29)30)13-23(22)35-25(37)20-12-17(6-9-24(20)38-3)4-5-18-14-32-26(31)33-15-18/h6-9,12-16,21,34H,10-11H2,1-3H3,(H,35,37)(H2,31,32,33)/t16?,21-/m1/s1. The molecule has 0 saturated carbocycles. The van der Waals surface area contributed by atoms with E-state index in [1.54, 1.807) is 12.1 Å². The summed E-state index contributed by atoms with van der Waals surface area (Å²) in [4.78, 5) is 23.3. The summed E-state index contributed by atoms with van der Waals surface area (Å²) >= 11 is 0. The number of carbonyl (C=O) groups excluding carboxylic acids is 1. The summed E-state index contributed by atoms with van der Waals surface area (Å²) in [5.41, 5.74) is 6.16. The maximum Gasteiger partial charge on any atom is 0.416 e. The van der Waals surface area contributed by atoms with Crippen LogP contribution < -0.4 is 21.1 Å². The first kappa shape index (κ1) is 26.8. The van der Waals surface area contributed by atoms with Gasteiger partial charge in [0, 0.05) is 36.6 Å². The summed E-state index contributed by atoms with van der Waals surface area (Å²) in [6.07, 6.45) is -0.813. The third-order valence-electron chi connectivity index (χ3n) is 6.47. The van der Waals surface area contributed by atoms with E-state index in [4.69, 9.17) is 10.5 Å². The van der Waals surface area contributed by atoms with E-state index in [0.29, 0.717) is 16.8 Å². The van der Waals surface area contributed by atoms with E-state index < -0.39 is 17.6 Å². The SMILES string of the molecule is COc1ccc(C#Cc2cnc(N)nc2)cc1C(=O)Nc1cc(C(F)(F)F)ccc1N[C@@H]1CCN(C)C1C. The summed E-state index contributed by atoms with van der Waals surface area (Å²) in [6.45, 7) is 2.90. The summed E-state index contributed by atoms with van der Waals surface area (Å²) in [7, 11) is 3.39. The topological polar surface area (TPSA) is 105 Å². The number of ether oxygens (including phenoxy) is 1. The summed E-state index contributed by atoms with van der Waals surface area (Å²) in [6, 6.07) is 8.20. The second-order valence-electron chi connectivity index (χ2n) is 8.97. The van der Waals surface area contributed by atoms with Crippen LogP contribution in [0.1, 0.15) is 40.4 Å². The lowest BCUT2D eigenvalue weighted by Gasteiger charge is -2.24. The van der Waals surface area contributed by atoms with Gasteiger partial charge in [0.15, 0.2) is 0 Å². The van der Waals surface area contributed by atoms with Crippen molar-refractivity contribution in [3.63, 3.8) is 0 Å². The number of hydrogen-bond donors (Lipinski definition) is 3. The van der Waals surface area contributed by atoms with Crippen LogP contribution in [0.15, 0.2) is 48.8 Å². The van der Waals surface area contributed by atoms with Crippen LogP contribution in [0.5, 0.6) is 5.75 Å². The van der Waals surface area contributed by atoms with Crippen LogP contribution in [0.2, 0.25) is 0 Å². The number of nitrogens with two attached hydrogens (primary N) is 1. The van der Waals surface area contributed by atoms with Gasteiger partial charge in [-0.15, -0.1) is 0 Å². The van der Waals surface area contributed by atoms with Gasteiger partial charge in [0.05, 0.1) is 35.2 Å². The van der Waals surface area contributed by atoms with Crippen molar-refractivity contribution in [3.05, 3.63) is 71.0 Å². The number of methoxy groups -OCH3 is 1. The van der Waals surface area contributed by atoms with Gasteiger partial charge in [-0.1, -0.05) is 11.8 Å². The Morgan fingerprint density at radius 2 is 1.82 bits per heavy atom. The molecular weight excluding hydrogens is 497 g/mol. The molecule has 2 atom stereocenters. The van der Waals surface area contributed by atoms with Gasteiger partial charge in [-0.25, -0.2) is 9.97 Å². The van der Waals surface area contributed by atoms with Gasteiger partial charge < -0.3 is 26.0 Å². The fourth-order valence-electron chi connectivity index (χ4n) is 4.14. The predicted molar refractivity (Wildman–Crippen MR) is 139 cm³/mol. The molecule has 1 aliphatic heterocycles. The fraction of sp³-hybridized carbons (Fsp3) is 0.296. The fourth-order valence-corrected chi connectivity index (χ4v) is 4.14. The van der Waals surface area contributed by atoms with E-state index in [0.717, 1.165) is 25.1 Å². The van der Waals surface area contributed by atoms with E-state index >= 15 is 0 Å². The maximum absolute atomic E-state index is 13.5. The Morgan fingerprint density at radius 1 is 1.11 bits per heavy atom. The minimum atomic E-state index is -4.57. The van der Waals surface area contributed by atoms with Crippen LogP contribution in [0.4, 0.5) is 30.5 Å². The van der Waals surface area contributed by atoms with Crippen molar-refractivity contribution < 1.29 is 22.7 Å². The van der Waals surface area contributed by atoms with E-state index in [2.05, 4.69) is 37.3 Å². The van der Waals surface area contributed by atoms with Crippen LogP contribution in [0, 0.1) is 11.8 Å². The number of alkyl halides is 3. The van der Waals surface area contributed by atoms with Crippen molar-refractivity contribution in [2.24, 2.45) is 0 Å². The Balaban J connectivity index is 1.64. The number of likely N-dealkylation sites (tertiary alicyclic amines) is 1. The molecule has 0 bridgehead atoms. The molecule has 2 heterocycles. The first-order valence-corrected chi connectivity index (χ1v) is 11.8. The molecule has 11 heteroatoms. The normalized spacial score (nSPS) is 17.4. The van der Waals surface area contributed by atoms with Crippen molar-refractivity contribution >= 4 is 23.2 Å². The first-order chi connectivity index (χ1) is 18.0. The van der Waals surface area contributed by atoms with Gasteiger partial charge in [-0.05, 0) is 56.8 Å². The largest absolute Gasteiger partial charge is 0.496 e. The average Bonchev–Trinajstić information content (AvgIpc) is 3.20. The molecule has 0 spiro atoms. The van der Waals surface area contributed by atoms with Crippen molar-refractivity contribution in [1.82, 2.24) is 14.9 Å².